The predicted octanol–water partition coefficient (Wildman–Crippen LogP) is 1.95. The highest BCUT2D eigenvalue weighted by molar-refractivity contribution is 7.90. The van der Waals surface area contributed by atoms with Gasteiger partial charge in [0.15, 0.2) is 9.84 Å². The lowest BCUT2D eigenvalue weighted by molar-refractivity contribution is 0.299. The molecule has 0 amide bonds. The highest BCUT2D eigenvalue weighted by atomic mass is 35.5. The number of nitrogens with zero attached hydrogens (tertiary/aromatic N) is 2. The van der Waals surface area contributed by atoms with E-state index in [-0.39, 0.29) is 34.6 Å². The van der Waals surface area contributed by atoms with Gasteiger partial charge in [0, 0.05) is 24.8 Å². The third-order valence-corrected chi connectivity index (χ3v) is 4.31. The third kappa shape index (κ3) is 3.70. The van der Waals surface area contributed by atoms with Crippen LogP contribution in [0.25, 0.3) is 0 Å². The Bertz CT molecular complexity index is 799. The van der Waals surface area contributed by atoms with Crippen LogP contribution in [0.1, 0.15) is 5.56 Å². The molecule has 0 unspecified atom stereocenters. The number of nitrogens with one attached hydrogen (secondary N) is 1. The standard InChI is InChI=1S/C13H13ClFN3O3S/c1-22(20,21)8-2-3-11(10(15)6-8)18-13-9(4-5-19)12(14)16-7-17-13/h2-3,6-7,19H,4-5H2,1H3,(H,16,17,18). The van der Waals surface area contributed by atoms with E-state index in [1.807, 2.05) is 0 Å². The molecule has 6 nitrogen and oxygen atoms in total. The van der Waals surface area contributed by atoms with Gasteiger partial charge in [0.1, 0.15) is 23.1 Å². The van der Waals surface area contributed by atoms with Crippen molar-refractivity contribution in [1.29, 1.82) is 0 Å². The van der Waals surface area contributed by atoms with Crippen molar-refractivity contribution >= 4 is 32.9 Å². The molecule has 0 spiro atoms. The summed E-state index contributed by atoms with van der Waals surface area (Å²) in [4.78, 5) is 7.64. The van der Waals surface area contributed by atoms with Crippen LogP contribution in [0.3, 0.4) is 0 Å². The van der Waals surface area contributed by atoms with Crippen molar-refractivity contribution in [2.45, 2.75) is 11.3 Å². The largest absolute Gasteiger partial charge is 0.396 e. The van der Waals surface area contributed by atoms with Gasteiger partial charge in [0.05, 0.1) is 10.6 Å². The van der Waals surface area contributed by atoms with Gasteiger partial charge in [-0.1, -0.05) is 11.6 Å². The van der Waals surface area contributed by atoms with Crippen LogP contribution in [0.15, 0.2) is 29.4 Å². The van der Waals surface area contributed by atoms with E-state index in [0.29, 0.717) is 5.56 Å². The first-order valence-corrected chi connectivity index (χ1v) is 8.46. The third-order valence-electron chi connectivity index (χ3n) is 2.88. The second kappa shape index (κ2) is 6.55. The fourth-order valence-corrected chi connectivity index (χ4v) is 2.65. The summed E-state index contributed by atoms with van der Waals surface area (Å²) in [6, 6.07) is 3.51. The Morgan fingerprint density at radius 1 is 1.36 bits per heavy atom. The Hall–Kier alpha value is -1.77. The van der Waals surface area contributed by atoms with Gasteiger partial charge in [0.25, 0.3) is 0 Å². The van der Waals surface area contributed by atoms with Crippen LogP contribution in [0, 0.1) is 5.82 Å². The molecule has 0 fully saturated rings. The molecule has 1 heterocycles. The molecule has 0 aliphatic rings. The Balaban J connectivity index is 2.38. The lowest BCUT2D eigenvalue weighted by atomic mass is 10.2. The molecule has 2 rings (SSSR count). The van der Waals surface area contributed by atoms with Crippen molar-refractivity contribution in [1.82, 2.24) is 9.97 Å². The number of rotatable bonds is 5. The molecule has 0 radical (unpaired) electrons. The molecular formula is C13H13ClFN3O3S. The molecule has 1 aromatic heterocycles. The minimum atomic E-state index is -3.49. The molecule has 118 valence electrons. The second-order valence-electron chi connectivity index (χ2n) is 4.50. The van der Waals surface area contributed by atoms with E-state index in [1.165, 1.54) is 18.5 Å². The van der Waals surface area contributed by atoms with E-state index in [9.17, 15) is 12.8 Å². The van der Waals surface area contributed by atoms with Gasteiger partial charge < -0.3 is 10.4 Å². The summed E-state index contributed by atoms with van der Waals surface area (Å²) in [5.41, 5.74) is 0.486. The zero-order valence-electron chi connectivity index (χ0n) is 11.5. The van der Waals surface area contributed by atoms with E-state index < -0.39 is 15.7 Å². The lowest BCUT2D eigenvalue weighted by Crippen LogP contribution is -2.05. The number of halogens is 2. The maximum atomic E-state index is 14.0. The number of sulfone groups is 1. The first-order valence-electron chi connectivity index (χ1n) is 6.20. The zero-order chi connectivity index (χ0) is 16.3. The Labute approximate surface area is 131 Å². The highest BCUT2D eigenvalue weighted by Crippen LogP contribution is 2.26. The van der Waals surface area contributed by atoms with E-state index in [0.717, 1.165) is 12.3 Å². The monoisotopic (exact) mass is 345 g/mol. The molecule has 0 saturated carbocycles. The van der Waals surface area contributed by atoms with Gasteiger partial charge in [-0.3, -0.25) is 0 Å². The number of anilines is 2. The van der Waals surface area contributed by atoms with Gasteiger partial charge in [-0.25, -0.2) is 22.8 Å². The van der Waals surface area contributed by atoms with Crippen molar-refractivity contribution in [3.63, 3.8) is 0 Å². The highest BCUT2D eigenvalue weighted by Gasteiger charge is 2.14. The summed E-state index contributed by atoms with van der Waals surface area (Å²) in [6.45, 7) is -0.169. The SMILES string of the molecule is CS(=O)(=O)c1ccc(Nc2ncnc(Cl)c2CCO)c(F)c1. The topological polar surface area (TPSA) is 92.2 Å². The van der Waals surface area contributed by atoms with Crippen LogP contribution in [-0.2, 0) is 16.3 Å². The average molecular weight is 346 g/mol. The van der Waals surface area contributed by atoms with E-state index in [1.54, 1.807) is 0 Å². The van der Waals surface area contributed by atoms with Crippen molar-refractivity contribution in [3.05, 3.63) is 41.1 Å². The molecule has 0 atom stereocenters. The minimum Gasteiger partial charge on any atom is -0.396 e. The molecule has 1 aromatic carbocycles. The van der Waals surface area contributed by atoms with Gasteiger partial charge in [-0.15, -0.1) is 0 Å². The molecule has 0 bridgehead atoms. The van der Waals surface area contributed by atoms with E-state index in [2.05, 4.69) is 15.3 Å². The molecule has 0 aliphatic carbocycles. The van der Waals surface area contributed by atoms with Crippen molar-refractivity contribution in [2.75, 3.05) is 18.2 Å². The Morgan fingerprint density at radius 3 is 2.68 bits per heavy atom. The number of aliphatic hydroxyl groups is 1. The van der Waals surface area contributed by atoms with Crippen LogP contribution >= 0.6 is 11.6 Å². The van der Waals surface area contributed by atoms with E-state index >= 15 is 0 Å². The maximum absolute atomic E-state index is 14.0. The Morgan fingerprint density at radius 2 is 2.09 bits per heavy atom. The van der Waals surface area contributed by atoms with Gasteiger partial charge in [-0.2, -0.15) is 0 Å². The summed E-state index contributed by atoms with van der Waals surface area (Å²) >= 11 is 5.92. The number of aromatic nitrogens is 2. The number of benzene rings is 1. The van der Waals surface area contributed by atoms with Crippen LogP contribution in [0.2, 0.25) is 5.15 Å². The van der Waals surface area contributed by atoms with E-state index in [4.69, 9.17) is 16.7 Å². The molecular weight excluding hydrogens is 333 g/mol. The molecule has 0 saturated heterocycles. The average Bonchev–Trinajstić information content (AvgIpc) is 2.43. The maximum Gasteiger partial charge on any atom is 0.175 e. The lowest BCUT2D eigenvalue weighted by Gasteiger charge is -2.12. The normalized spacial score (nSPS) is 11.5. The first-order chi connectivity index (χ1) is 10.3. The molecule has 2 N–H and O–H groups in total. The summed E-state index contributed by atoms with van der Waals surface area (Å²) in [5.74, 6) is -0.493. The van der Waals surface area contributed by atoms with Crippen molar-refractivity contribution in [3.8, 4) is 0 Å². The van der Waals surface area contributed by atoms with Crippen molar-refractivity contribution < 1.29 is 17.9 Å². The number of aliphatic hydroxyl groups excluding tert-OH is 1. The summed E-state index contributed by atoms with van der Waals surface area (Å²) in [7, 11) is -3.49. The van der Waals surface area contributed by atoms with Gasteiger partial charge in [-0.05, 0) is 18.2 Å². The number of hydrogen-bond acceptors (Lipinski definition) is 6. The molecule has 9 heteroatoms. The quantitative estimate of drug-likeness (QED) is 0.805. The Kier molecular flexibility index (Phi) is 4.94. The van der Waals surface area contributed by atoms with Crippen LogP contribution in [0.4, 0.5) is 15.9 Å². The smallest absolute Gasteiger partial charge is 0.175 e. The van der Waals surface area contributed by atoms with Gasteiger partial charge in [0.2, 0.25) is 0 Å². The summed E-state index contributed by atoms with van der Waals surface area (Å²) < 4.78 is 36.8. The van der Waals surface area contributed by atoms with Gasteiger partial charge >= 0.3 is 0 Å². The number of hydrogen-bond donors (Lipinski definition) is 2. The van der Waals surface area contributed by atoms with Crippen LogP contribution in [-0.4, -0.2) is 36.4 Å². The minimum absolute atomic E-state index is 0.0429. The van der Waals surface area contributed by atoms with Crippen LogP contribution in [0.5, 0.6) is 0 Å². The summed E-state index contributed by atoms with van der Waals surface area (Å²) in [6.07, 6.45) is 2.40. The van der Waals surface area contributed by atoms with Crippen molar-refractivity contribution in [2.24, 2.45) is 0 Å². The zero-order valence-corrected chi connectivity index (χ0v) is 13.1. The van der Waals surface area contributed by atoms with Crippen LogP contribution < -0.4 is 5.32 Å². The summed E-state index contributed by atoms with van der Waals surface area (Å²) in [5, 5.41) is 11.9. The molecule has 22 heavy (non-hydrogen) atoms. The molecule has 0 aliphatic heterocycles. The first kappa shape index (κ1) is 16.6. The fourth-order valence-electron chi connectivity index (χ4n) is 1.79. The molecule has 2 aromatic rings. The fraction of sp³-hybridized carbons (Fsp3) is 0.231. The second-order valence-corrected chi connectivity index (χ2v) is 6.88. The predicted molar refractivity (Wildman–Crippen MR) is 80.6 cm³/mol.